The van der Waals surface area contributed by atoms with Crippen molar-refractivity contribution in [2.45, 2.75) is 11.8 Å². The third-order valence-electron chi connectivity index (χ3n) is 2.93. The van der Waals surface area contributed by atoms with Crippen molar-refractivity contribution in [1.82, 2.24) is 4.98 Å². The summed E-state index contributed by atoms with van der Waals surface area (Å²) in [4.78, 5) is 4.00. The van der Waals surface area contributed by atoms with Gasteiger partial charge in [-0.2, -0.15) is 5.26 Å². The molecule has 0 atom stereocenters. The molecule has 2 rings (SSSR count). The molecule has 0 spiro atoms. The van der Waals surface area contributed by atoms with Crippen molar-refractivity contribution in [3.63, 3.8) is 0 Å². The van der Waals surface area contributed by atoms with E-state index in [0.717, 1.165) is 0 Å². The van der Waals surface area contributed by atoms with Gasteiger partial charge in [0.15, 0.2) is 0 Å². The maximum Gasteiger partial charge on any atom is 0.263 e. The largest absolute Gasteiger partial charge is 0.373 e. The number of pyridine rings is 1. The van der Waals surface area contributed by atoms with E-state index in [0.29, 0.717) is 16.9 Å². The van der Waals surface area contributed by atoms with Gasteiger partial charge in [0.1, 0.15) is 16.8 Å². The summed E-state index contributed by atoms with van der Waals surface area (Å²) in [5.74, 6) is 0.571. The van der Waals surface area contributed by atoms with Crippen LogP contribution in [0.15, 0.2) is 41.4 Å². The van der Waals surface area contributed by atoms with E-state index in [2.05, 4.69) is 15.0 Å². The van der Waals surface area contributed by atoms with E-state index in [-0.39, 0.29) is 10.6 Å². The average Bonchev–Trinajstić information content (AvgIpc) is 2.47. The number of nitrogens with one attached hydrogen (secondary N) is 2. The van der Waals surface area contributed by atoms with Gasteiger partial charge >= 0.3 is 0 Å². The van der Waals surface area contributed by atoms with Crippen LogP contribution in [0.3, 0.4) is 0 Å². The average molecular weight is 302 g/mol. The lowest BCUT2D eigenvalue weighted by Crippen LogP contribution is -2.14. The van der Waals surface area contributed by atoms with Crippen LogP contribution in [0.2, 0.25) is 0 Å². The first-order chi connectivity index (χ1) is 9.97. The van der Waals surface area contributed by atoms with Crippen LogP contribution in [0.5, 0.6) is 0 Å². The van der Waals surface area contributed by atoms with Crippen LogP contribution in [0, 0.1) is 18.3 Å². The number of hydrogen-bond donors (Lipinski definition) is 2. The molecule has 7 heteroatoms. The molecule has 0 radical (unpaired) electrons. The summed E-state index contributed by atoms with van der Waals surface area (Å²) in [7, 11) is -2.08. The van der Waals surface area contributed by atoms with Crippen LogP contribution in [-0.4, -0.2) is 20.4 Å². The number of nitrogens with zero attached hydrogens (tertiary/aromatic N) is 2. The molecule has 0 saturated heterocycles. The second kappa shape index (κ2) is 5.81. The lowest BCUT2D eigenvalue weighted by atomic mass is 10.1. The Morgan fingerprint density at radius 1 is 1.24 bits per heavy atom. The lowest BCUT2D eigenvalue weighted by molar-refractivity contribution is 0.601. The Labute approximate surface area is 123 Å². The van der Waals surface area contributed by atoms with Crippen LogP contribution in [0.1, 0.15) is 11.1 Å². The maximum absolute atomic E-state index is 12.3. The molecule has 108 valence electrons. The van der Waals surface area contributed by atoms with Crippen molar-refractivity contribution in [2.75, 3.05) is 17.1 Å². The number of benzene rings is 1. The van der Waals surface area contributed by atoms with Crippen molar-refractivity contribution in [3.05, 3.63) is 47.7 Å². The van der Waals surface area contributed by atoms with Gasteiger partial charge in [-0.05, 0) is 30.7 Å². The Balaban J connectivity index is 2.38. The van der Waals surface area contributed by atoms with Crippen LogP contribution < -0.4 is 10.0 Å². The molecular weight excluding hydrogens is 288 g/mol. The summed E-state index contributed by atoms with van der Waals surface area (Å²) in [6.07, 6.45) is 1.26. The fourth-order valence-corrected chi connectivity index (χ4v) is 2.81. The van der Waals surface area contributed by atoms with Gasteiger partial charge in [-0.1, -0.05) is 12.1 Å². The lowest BCUT2D eigenvalue weighted by Gasteiger charge is -2.10. The number of aromatic nitrogens is 1. The number of anilines is 2. The molecule has 1 aromatic carbocycles. The van der Waals surface area contributed by atoms with E-state index in [1.54, 1.807) is 38.2 Å². The van der Waals surface area contributed by atoms with E-state index in [1.807, 2.05) is 6.07 Å². The number of aryl methyl sites for hydroxylation is 1. The zero-order valence-electron chi connectivity index (χ0n) is 11.6. The van der Waals surface area contributed by atoms with Crippen LogP contribution >= 0.6 is 0 Å². The van der Waals surface area contributed by atoms with Crippen molar-refractivity contribution < 1.29 is 8.42 Å². The minimum atomic E-state index is -3.78. The second-order valence-electron chi connectivity index (χ2n) is 4.34. The Hall–Kier alpha value is -2.59. The highest BCUT2D eigenvalue weighted by Crippen LogP contribution is 2.22. The summed E-state index contributed by atoms with van der Waals surface area (Å²) in [6, 6.07) is 10.0. The van der Waals surface area contributed by atoms with Crippen LogP contribution in [0.25, 0.3) is 0 Å². The normalized spacial score (nSPS) is 10.7. The molecule has 0 aliphatic carbocycles. The quantitative estimate of drug-likeness (QED) is 0.902. The van der Waals surface area contributed by atoms with Gasteiger partial charge in [0, 0.05) is 13.2 Å². The van der Waals surface area contributed by atoms with Crippen molar-refractivity contribution >= 4 is 21.5 Å². The van der Waals surface area contributed by atoms with Gasteiger partial charge in [-0.3, -0.25) is 4.72 Å². The third kappa shape index (κ3) is 3.12. The molecule has 0 bridgehead atoms. The highest BCUT2D eigenvalue weighted by atomic mass is 32.2. The van der Waals surface area contributed by atoms with Crippen LogP contribution in [0.4, 0.5) is 11.5 Å². The maximum atomic E-state index is 12.3. The van der Waals surface area contributed by atoms with Crippen molar-refractivity contribution in [3.8, 4) is 6.07 Å². The van der Waals surface area contributed by atoms with Gasteiger partial charge in [0.05, 0.1) is 11.3 Å². The predicted molar refractivity (Wildman–Crippen MR) is 80.5 cm³/mol. The van der Waals surface area contributed by atoms with E-state index in [9.17, 15) is 8.42 Å². The molecule has 6 nitrogen and oxygen atoms in total. The van der Waals surface area contributed by atoms with Crippen molar-refractivity contribution in [1.29, 1.82) is 5.26 Å². The molecular formula is C14H14N4O2S. The summed E-state index contributed by atoms with van der Waals surface area (Å²) in [6.45, 7) is 1.75. The highest BCUT2D eigenvalue weighted by Gasteiger charge is 2.17. The Bertz CT molecular complexity index is 793. The minimum Gasteiger partial charge on any atom is -0.373 e. The van der Waals surface area contributed by atoms with E-state index < -0.39 is 10.0 Å². The van der Waals surface area contributed by atoms with E-state index >= 15 is 0 Å². The van der Waals surface area contributed by atoms with Gasteiger partial charge in [0.2, 0.25) is 0 Å². The zero-order chi connectivity index (χ0) is 15.5. The number of nitriles is 1. The van der Waals surface area contributed by atoms with Crippen LogP contribution in [-0.2, 0) is 10.0 Å². The fraction of sp³-hybridized carbons (Fsp3) is 0.143. The molecule has 2 aromatic rings. The summed E-state index contributed by atoms with van der Waals surface area (Å²) >= 11 is 0. The van der Waals surface area contributed by atoms with Gasteiger partial charge < -0.3 is 5.32 Å². The third-order valence-corrected chi connectivity index (χ3v) is 4.28. The Kier molecular flexibility index (Phi) is 4.10. The smallest absolute Gasteiger partial charge is 0.263 e. The number of hydrogen-bond acceptors (Lipinski definition) is 5. The van der Waals surface area contributed by atoms with Gasteiger partial charge in [-0.15, -0.1) is 0 Å². The Morgan fingerprint density at radius 3 is 2.57 bits per heavy atom. The standard InChI is InChI=1S/C14H14N4O2S/c1-10-4-3-5-13(12(10)8-15)18-21(19,20)11-6-7-14(16-2)17-9-11/h3-7,9,18H,1-2H3,(H,16,17). The summed E-state index contributed by atoms with van der Waals surface area (Å²) in [5, 5.41) is 11.9. The van der Waals surface area contributed by atoms with E-state index in [4.69, 9.17) is 5.26 Å². The summed E-state index contributed by atoms with van der Waals surface area (Å²) in [5.41, 5.74) is 1.28. The van der Waals surface area contributed by atoms with Gasteiger partial charge in [-0.25, -0.2) is 13.4 Å². The summed E-state index contributed by atoms with van der Waals surface area (Å²) < 4.78 is 27.0. The fourth-order valence-electron chi connectivity index (χ4n) is 1.79. The molecule has 0 fully saturated rings. The molecule has 0 amide bonds. The monoisotopic (exact) mass is 302 g/mol. The predicted octanol–water partition coefficient (Wildman–Crippen LogP) is 2.10. The molecule has 1 heterocycles. The zero-order valence-corrected chi connectivity index (χ0v) is 12.4. The number of rotatable bonds is 4. The minimum absolute atomic E-state index is 0.0342. The molecule has 0 aliphatic rings. The first-order valence-corrected chi connectivity index (χ1v) is 7.62. The topological polar surface area (TPSA) is 94.9 Å². The first-order valence-electron chi connectivity index (χ1n) is 6.14. The van der Waals surface area contributed by atoms with E-state index in [1.165, 1.54) is 12.3 Å². The highest BCUT2D eigenvalue weighted by molar-refractivity contribution is 7.92. The first kappa shape index (κ1) is 14.8. The molecule has 0 aliphatic heterocycles. The van der Waals surface area contributed by atoms with Crippen molar-refractivity contribution in [2.24, 2.45) is 0 Å². The molecule has 0 unspecified atom stereocenters. The molecule has 21 heavy (non-hydrogen) atoms. The SMILES string of the molecule is CNc1ccc(S(=O)(=O)Nc2cccc(C)c2C#N)cn1. The molecule has 1 aromatic heterocycles. The molecule has 2 N–H and O–H groups in total. The van der Waals surface area contributed by atoms with Gasteiger partial charge in [0.25, 0.3) is 10.0 Å². The molecule has 0 saturated carbocycles. The number of sulfonamides is 1. The second-order valence-corrected chi connectivity index (χ2v) is 6.03. The Morgan fingerprint density at radius 2 is 2.00 bits per heavy atom.